The number of hydrogen-bond donors (Lipinski definition) is 3. The van der Waals surface area contributed by atoms with Crippen molar-refractivity contribution in [3.05, 3.63) is 52.6 Å². The van der Waals surface area contributed by atoms with Gasteiger partial charge >= 0.3 is 0 Å². The first kappa shape index (κ1) is 17.1. The molecule has 0 fully saturated rings. The first-order valence-electron chi connectivity index (χ1n) is 7.72. The van der Waals surface area contributed by atoms with Crippen LogP contribution in [0.15, 0.2) is 41.5 Å². The summed E-state index contributed by atoms with van der Waals surface area (Å²) in [4.78, 5) is 22.2. The van der Waals surface area contributed by atoms with Gasteiger partial charge in [0.25, 0.3) is 5.56 Å². The molecule has 0 aliphatic carbocycles. The highest BCUT2D eigenvalue weighted by Crippen LogP contribution is 2.08. The summed E-state index contributed by atoms with van der Waals surface area (Å²) in [6.07, 6.45) is 0.923. The highest BCUT2D eigenvalue weighted by atomic mass is 16.5. The number of nitrogens with two attached hydrogens (primary N) is 1. The van der Waals surface area contributed by atoms with E-state index in [4.69, 9.17) is 15.2 Å². The lowest BCUT2D eigenvalue weighted by molar-refractivity contribution is -0.0697. The van der Waals surface area contributed by atoms with Crippen molar-refractivity contribution in [2.75, 3.05) is 18.9 Å². The molecule has 0 amide bonds. The zero-order valence-corrected chi connectivity index (χ0v) is 13.5. The van der Waals surface area contributed by atoms with Crippen LogP contribution in [-0.4, -0.2) is 43.9 Å². The molecular formula is C16H19N5O4. The Bertz CT molecular complexity index is 877. The number of H-pyrrole nitrogens is 1. The molecule has 9 heteroatoms. The Morgan fingerprint density at radius 1 is 1.32 bits per heavy atom. The molecule has 4 N–H and O–H groups in total. The molecule has 0 aliphatic heterocycles. The van der Waals surface area contributed by atoms with Crippen molar-refractivity contribution in [1.82, 2.24) is 19.5 Å². The molecule has 3 aromatic rings. The number of hydrogen-bond acceptors (Lipinski definition) is 7. The third-order valence-electron chi connectivity index (χ3n) is 3.56. The molecule has 0 radical (unpaired) electrons. The number of nitrogens with zero attached hydrogens (tertiary/aromatic N) is 3. The number of benzene rings is 1. The van der Waals surface area contributed by atoms with E-state index in [-0.39, 0.29) is 31.4 Å². The van der Waals surface area contributed by atoms with Crippen molar-refractivity contribution in [2.24, 2.45) is 0 Å². The van der Waals surface area contributed by atoms with Crippen LogP contribution in [0.25, 0.3) is 11.2 Å². The van der Waals surface area contributed by atoms with E-state index >= 15 is 0 Å². The summed E-state index contributed by atoms with van der Waals surface area (Å²) in [5.41, 5.74) is 6.68. The maximum atomic E-state index is 11.7. The van der Waals surface area contributed by atoms with Gasteiger partial charge in [0.2, 0.25) is 5.95 Å². The van der Waals surface area contributed by atoms with Crippen LogP contribution in [0, 0.1) is 0 Å². The van der Waals surface area contributed by atoms with E-state index in [0.29, 0.717) is 12.3 Å². The Balaban J connectivity index is 1.57. The normalized spacial score (nSPS) is 12.5. The molecule has 1 atom stereocenters. The van der Waals surface area contributed by atoms with Gasteiger partial charge in [-0.15, -0.1) is 0 Å². The number of aromatic amines is 1. The molecule has 0 aliphatic rings. The molecule has 0 bridgehead atoms. The molecule has 2 aromatic heterocycles. The summed E-state index contributed by atoms with van der Waals surface area (Å²) in [6, 6.07) is 9.72. The second kappa shape index (κ2) is 7.88. The van der Waals surface area contributed by atoms with Crippen LogP contribution in [0.5, 0.6) is 0 Å². The van der Waals surface area contributed by atoms with Gasteiger partial charge < -0.3 is 20.3 Å². The standard InChI is InChI=1S/C16H19N5O4/c17-16-19-14-13(15(23)20-16)18-9-21(14)10-25-12(6-22)8-24-7-11-4-2-1-3-5-11/h1-5,9,12,22H,6-8,10H2,(H3,17,19,20,23)/t12-/m0/s1. The average Bonchev–Trinajstić information content (AvgIpc) is 3.02. The number of ether oxygens (including phenoxy) is 2. The monoisotopic (exact) mass is 345 g/mol. The highest BCUT2D eigenvalue weighted by molar-refractivity contribution is 5.70. The molecule has 0 spiro atoms. The van der Waals surface area contributed by atoms with Crippen LogP contribution in [0.4, 0.5) is 5.95 Å². The van der Waals surface area contributed by atoms with Gasteiger partial charge in [0, 0.05) is 0 Å². The van der Waals surface area contributed by atoms with Crippen molar-refractivity contribution >= 4 is 17.1 Å². The van der Waals surface area contributed by atoms with Crippen LogP contribution in [-0.2, 0) is 22.8 Å². The first-order valence-corrected chi connectivity index (χ1v) is 7.72. The van der Waals surface area contributed by atoms with Crippen molar-refractivity contribution < 1.29 is 14.6 Å². The topological polar surface area (TPSA) is 128 Å². The van der Waals surface area contributed by atoms with E-state index in [1.165, 1.54) is 6.33 Å². The number of nitrogens with one attached hydrogen (secondary N) is 1. The number of nitrogen functional groups attached to an aromatic ring is 1. The summed E-state index contributed by atoms with van der Waals surface area (Å²) in [6.45, 7) is 0.528. The lowest BCUT2D eigenvalue weighted by Crippen LogP contribution is -2.25. The molecule has 3 rings (SSSR count). The lowest BCUT2D eigenvalue weighted by Gasteiger charge is -2.16. The second-order valence-corrected chi connectivity index (χ2v) is 5.44. The molecule has 0 saturated heterocycles. The number of imidazole rings is 1. The number of rotatable bonds is 8. The average molecular weight is 345 g/mol. The Labute approximate surface area is 143 Å². The van der Waals surface area contributed by atoms with Crippen molar-refractivity contribution in [3.8, 4) is 0 Å². The van der Waals surface area contributed by atoms with E-state index in [2.05, 4.69) is 15.0 Å². The molecule has 0 saturated carbocycles. The highest BCUT2D eigenvalue weighted by Gasteiger charge is 2.12. The first-order chi connectivity index (χ1) is 12.2. The van der Waals surface area contributed by atoms with Crippen LogP contribution < -0.4 is 11.3 Å². The molecule has 0 unspecified atom stereocenters. The fourth-order valence-electron chi connectivity index (χ4n) is 2.29. The molecule has 25 heavy (non-hydrogen) atoms. The Kier molecular flexibility index (Phi) is 5.39. The Morgan fingerprint density at radius 2 is 2.12 bits per heavy atom. The summed E-state index contributed by atoms with van der Waals surface area (Å²) < 4.78 is 12.7. The number of fused-ring (bicyclic) bond motifs is 1. The summed E-state index contributed by atoms with van der Waals surface area (Å²) >= 11 is 0. The van der Waals surface area contributed by atoms with Crippen molar-refractivity contribution in [3.63, 3.8) is 0 Å². The Morgan fingerprint density at radius 3 is 2.88 bits per heavy atom. The quantitative estimate of drug-likeness (QED) is 0.534. The van der Waals surface area contributed by atoms with Gasteiger partial charge in [0.1, 0.15) is 12.8 Å². The van der Waals surface area contributed by atoms with Gasteiger partial charge in [0.15, 0.2) is 11.2 Å². The fraction of sp³-hybridized carbons (Fsp3) is 0.312. The maximum Gasteiger partial charge on any atom is 0.280 e. The number of aromatic nitrogens is 4. The summed E-state index contributed by atoms with van der Waals surface area (Å²) in [5, 5.41) is 9.43. The largest absolute Gasteiger partial charge is 0.394 e. The predicted octanol–water partition coefficient (Wildman–Crippen LogP) is 0.254. The SMILES string of the molecule is Nc1nc2c(ncn2CO[C@@H](CO)COCc2ccccc2)c(=O)[nH]1. The smallest absolute Gasteiger partial charge is 0.280 e. The molecule has 2 heterocycles. The summed E-state index contributed by atoms with van der Waals surface area (Å²) in [5.74, 6) is 0.00385. The van der Waals surface area contributed by atoms with Gasteiger partial charge in [-0.05, 0) is 5.56 Å². The zero-order chi connectivity index (χ0) is 17.6. The third-order valence-corrected chi connectivity index (χ3v) is 3.56. The van der Waals surface area contributed by atoms with E-state index in [1.54, 1.807) is 4.57 Å². The minimum Gasteiger partial charge on any atom is -0.394 e. The fourth-order valence-corrected chi connectivity index (χ4v) is 2.29. The van der Waals surface area contributed by atoms with Crippen molar-refractivity contribution in [1.29, 1.82) is 0 Å². The summed E-state index contributed by atoms with van der Waals surface area (Å²) in [7, 11) is 0. The third kappa shape index (κ3) is 4.21. The van der Waals surface area contributed by atoms with Crippen LogP contribution in [0.1, 0.15) is 5.56 Å². The van der Waals surface area contributed by atoms with Crippen LogP contribution >= 0.6 is 0 Å². The second-order valence-electron chi connectivity index (χ2n) is 5.44. The van der Waals surface area contributed by atoms with Gasteiger partial charge in [0.05, 0.1) is 26.1 Å². The van der Waals surface area contributed by atoms with Gasteiger partial charge in [-0.2, -0.15) is 4.98 Å². The van der Waals surface area contributed by atoms with Crippen LogP contribution in [0.3, 0.4) is 0 Å². The minimum absolute atomic E-state index is 0.00385. The molecule has 132 valence electrons. The van der Waals surface area contributed by atoms with Gasteiger partial charge in [-0.3, -0.25) is 14.3 Å². The van der Waals surface area contributed by atoms with Gasteiger partial charge in [-0.25, -0.2) is 4.98 Å². The van der Waals surface area contributed by atoms with E-state index < -0.39 is 11.7 Å². The number of aliphatic hydroxyl groups is 1. The minimum atomic E-state index is -0.513. The molecule has 9 nitrogen and oxygen atoms in total. The molecule has 1 aromatic carbocycles. The lowest BCUT2D eigenvalue weighted by atomic mass is 10.2. The van der Waals surface area contributed by atoms with E-state index in [1.807, 2.05) is 30.3 Å². The zero-order valence-electron chi connectivity index (χ0n) is 13.5. The van der Waals surface area contributed by atoms with Crippen molar-refractivity contribution in [2.45, 2.75) is 19.4 Å². The number of anilines is 1. The van der Waals surface area contributed by atoms with E-state index in [0.717, 1.165) is 5.56 Å². The Hall–Kier alpha value is -2.75. The predicted molar refractivity (Wildman–Crippen MR) is 90.6 cm³/mol. The molecular weight excluding hydrogens is 326 g/mol. The maximum absolute atomic E-state index is 11.7. The number of aliphatic hydroxyl groups excluding tert-OH is 1. The van der Waals surface area contributed by atoms with E-state index in [9.17, 15) is 9.90 Å². The van der Waals surface area contributed by atoms with Gasteiger partial charge in [-0.1, -0.05) is 30.3 Å². The van der Waals surface area contributed by atoms with Crippen LogP contribution in [0.2, 0.25) is 0 Å².